The SMILES string of the molecule is O=C(O)CCN(CC(=O)N1CCOCC1)c1nncs1. The molecule has 2 rings (SSSR count). The number of carbonyl (C=O) groups excluding carboxylic acids is 1. The highest BCUT2D eigenvalue weighted by molar-refractivity contribution is 7.13. The molecule has 1 aliphatic heterocycles. The van der Waals surface area contributed by atoms with E-state index in [4.69, 9.17) is 9.84 Å². The Morgan fingerprint density at radius 1 is 1.45 bits per heavy atom. The Labute approximate surface area is 120 Å². The van der Waals surface area contributed by atoms with Gasteiger partial charge >= 0.3 is 5.97 Å². The number of hydrogen-bond donors (Lipinski definition) is 1. The second kappa shape index (κ2) is 7.15. The van der Waals surface area contributed by atoms with Crippen molar-refractivity contribution < 1.29 is 19.4 Å². The number of morpholine rings is 1. The van der Waals surface area contributed by atoms with Crippen molar-refractivity contribution in [2.45, 2.75) is 6.42 Å². The molecule has 8 nitrogen and oxygen atoms in total. The fraction of sp³-hybridized carbons (Fsp3) is 0.636. The molecule has 1 aromatic heterocycles. The lowest BCUT2D eigenvalue weighted by atomic mass is 10.3. The number of amides is 1. The summed E-state index contributed by atoms with van der Waals surface area (Å²) in [6.45, 7) is 2.58. The number of rotatable bonds is 6. The van der Waals surface area contributed by atoms with Crippen LogP contribution in [0.1, 0.15) is 6.42 Å². The highest BCUT2D eigenvalue weighted by atomic mass is 32.1. The number of ether oxygens (including phenoxy) is 1. The molecule has 0 atom stereocenters. The molecule has 0 bridgehead atoms. The zero-order chi connectivity index (χ0) is 14.4. The molecule has 1 fully saturated rings. The van der Waals surface area contributed by atoms with Crippen LogP contribution >= 0.6 is 11.3 Å². The molecule has 9 heteroatoms. The Morgan fingerprint density at radius 2 is 2.20 bits per heavy atom. The summed E-state index contributed by atoms with van der Waals surface area (Å²) in [5, 5.41) is 17.0. The Balaban J connectivity index is 1.95. The van der Waals surface area contributed by atoms with Crippen LogP contribution in [0.4, 0.5) is 5.13 Å². The standard InChI is InChI=1S/C11H16N4O4S/c16-9(14-3-5-19-6-4-14)7-15(2-1-10(17)18)11-13-12-8-20-11/h8H,1-7H2,(H,17,18). The molecule has 0 spiro atoms. The molecule has 1 saturated heterocycles. The number of carboxylic acid groups (broad SMARTS) is 1. The van der Waals surface area contributed by atoms with Crippen LogP contribution in [-0.2, 0) is 14.3 Å². The Morgan fingerprint density at radius 3 is 2.80 bits per heavy atom. The summed E-state index contributed by atoms with van der Waals surface area (Å²) < 4.78 is 5.20. The van der Waals surface area contributed by atoms with Crippen molar-refractivity contribution in [2.75, 3.05) is 44.3 Å². The molecular formula is C11H16N4O4S. The minimum atomic E-state index is -0.904. The Kier molecular flexibility index (Phi) is 5.24. The van der Waals surface area contributed by atoms with Gasteiger partial charge < -0.3 is 19.6 Å². The van der Waals surface area contributed by atoms with Crippen LogP contribution in [0.3, 0.4) is 0 Å². The summed E-state index contributed by atoms with van der Waals surface area (Å²) in [5.41, 5.74) is 1.56. The van der Waals surface area contributed by atoms with Crippen molar-refractivity contribution in [3.8, 4) is 0 Å². The first-order valence-corrected chi connectivity index (χ1v) is 7.13. The fourth-order valence-corrected chi connectivity index (χ4v) is 2.44. The number of nitrogens with zero attached hydrogens (tertiary/aromatic N) is 4. The van der Waals surface area contributed by atoms with Gasteiger partial charge in [-0.2, -0.15) is 0 Å². The van der Waals surface area contributed by atoms with E-state index in [2.05, 4.69) is 10.2 Å². The van der Waals surface area contributed by atoms with E-state index >= 15 is 0 Å². The number of aromatic nitrogens is 2. The van der Waals surface area contributed by atoms with Gasteiger partial charge in [-0.25, -0.2) is 0 Å². The third-order valence-corrected chi connectivity index (χ3v) is 3.65. The fourth-order valence-electron chi connectivity index (χ4n) is 1.85. The minimum absolute atomic E-state index is 0.0457. The molecule has 20 heavy (non-hydrogen) atoms. The molecule has 0 radical (unpaired) electrons. The van der Waals surface area contributed by atoms with Crippen molar-refractivity contribution in [3.63, 3.8) is 0 Å². The smallest absolute Gasteiger partial charge is 0.305 e. The molecule has 1 N–H and O–H groups in total. The maximum Gasteiger partial charge on any atom is 0.305 e. The lowest BCUT2D eigenvalue weighted by molar-refractivity contribution is -0.137. The molecular weight excluding hydrogens is 284 g/mol. The van der Waals surface area contributed by atoms with Gasteiger partial charge in [-0.15, -0.1) is 10.2 Å². The van der Waals surface area contributed by atoms with E-state index in [1.54, 1.807) is 15.3 Å². The quantitative estimate of drug-likeness (QED) is 0.769. The highest BCUT2D eigenvalue weighted by Gasteiger charge is 2.21. The van der Waals surface area contributed by atoms with Crippen LogP contribution in [0.2, 0.25) is 0 Å². The summed E-state index contributed by atoms with van der Waals surface area (Å²) in [6.07, 6.45) is -0.0457. The van der Waals surface area contributed by atoms with Crippen LogP contribution in [0.25, 0.3) is 0 Å². The van der Waals surface area contributed by atoms with E-state index in [9.17, 15) is 9.59 Å². The van der Waals surface area contributed by atoms with Crippen LogP contribution in [0, 0.1) is 0 Å². The summed E-state index contributed by atoms with van der Waals surface area (Å²) in [7, 11) is 0. The number of aliphatic carboxylic acids is 1. The minimum Gasteiger partial charge on any atom is -0.481 e. The van der Waals surface area contributed by atoms with Gasteiger partial charge in [-0.3, -0.25) is 9.59 Å². The zero-order valence-corrected chi connectivity index (χ0v) is 11.7. The van der Waals surface area contributed by atoms with Crippen LogP contribution in [0.15, 0.2) is 5.51 Å². The molecule has 0 unspecified atom stereocenters. The van der Waals surface area contributed by atoms with Crippen molar-refractivity contribution in [1.29, 1.82) is 0 Å². The van der Waals surface area contributed by atoms with Gasteiger partial charge in [0.05, 0.1) is 26.2 Å². The third-order valence-electron chi connectivity index (χ3n) is 2.90. The van der Waals surface area contributed by atoms with Gasteiger partial charge in [0.2, 0.25) is 11.0 Å². The highest BCUT2D eigenvalue weighted by Crippen LogP contribution is 2.16. The lowest BCUT2D eigenvalue weighted by Gasteiger charge is -2.29. The maximum absolute atomic E-state index is 12.2. The average molecular weight is 300 g/mol. The predicted octanol–water partition coefficient (Wildman–Crippen LogP) is -0.322. The van der Waals surface area contributed by atoms with Gasteiger partial charge in [0.25, 0.3) is 0 Å². The van der Waals surface area contributed by atoms with Gasteiger partial charge in [0, 0.05) is 19.6 Å². The molecule has 0 aromatic carbocycles. The first-order valence-electron chi connectivity index (χ1n) is 6.25. The second-order valence-corrected chi connectivity index (χ2v) is 5.09. The van der Waals surface area contributed by atoms with Crippen molar-refractivity contribution in [2.24, 2.45) is 0 Å². The normalized spacial score (nSPS) is 15.1. The number of carbonyl (C=O) groups is 2. The summed E-state index contributed by atoms with van der Waals surface area (Å²) in [6, 6.07) is 0. The number of anilines is 1. The lowest BCUT2D eigenvalue weighted by Crippen LogP contribution is -2.46. The first-order chi connectivity index (χ1) is 9.66. The third kappa shape index (κ3) is 4.14. The van der Waals surface area contributed by atoms with E-state index in [0.717, 1.165) is 0 Å². The molecule has 1 aliphatic rings. The first kappa shape index (κ1) is 14.7. The maximum atomic E-state index is 12.2. The predicted molar refractivity (Wildman–Crippen MR) is 71.8 cm³/mol. The molecule has 110 valence electrons. The molecule has 1 amide bonds. The zero-order valence-electron chi connectivity index (χ0n) is 10.9. The van der Waals surface area contributed by atoms with Crippen molar-refractivity contribution in [3.05, 3.63) is 5.51 Å². The van der Waals surface area contributed by atoms with Crippen LogP contribution in [-0.4, -0.2) is 71.5 Å². The van der Waals surface area contributed by atoms with E-state index in [-0.39, 0.29) is 25.4 Å². The van der Waals surface area contributed by atoms with E-state index in [1.807, 2.05) is 0 Å². The largest absolute Gasteiger partial charge is 0.481 e. The van der Waals surface area contributed by atoms with Crippen molar-refractivity contribution in [1.82, 2.24) is 15.1 Å². The van der Waals surface area contributed by atoms with Gasteiger partial charge in [0.1, 0.15) is 5.51 Å². The number of carboxylic acids is 1. The topological polar surface area (TPSA) is 95.9 Å². The molecule has 0 aliphatic carbocycles. The van der Waals surface area contributed by atoms with Gasteiger partial charge in [-0.1, -0.05) is 11.3 Å². The summed E-state index contributed by atoms with van der Waals surface area (Å²) in [5.74, 6) is -0.952. The average Bonchev–Trinajstić information content (AvgIpc) is 2.98. The summed E-state index contributed by atoms with van der Waals surface area (Å²) >= 11 is 1.29. The Bertz CT molecular complexity index is 447. The monoisotopic (exact) mass is 300 g/mol. The van der Waals surface area contributed by atoms with Gasteiger partial charge in [-0.05, 0) is 0 Å². The van der Waals surface area contributed by atoms with E-state index in [1.165, 1.54) is 11.3 Å². The van der Waals surface area contributed by atoms with Crippen LogP contribution < -0.4 is 4.90 Å². The van der Waals surface area contributed by atoms with E-state index < -0.39 is 5.97 Å². The van der Waals surface area contributed by atoms with Crippen molar-refractivity contribution >= 4 is 28.3 Å². The summed E-state index contributed by atoms with van der Waals surface area (Å²) in [4.78, 5) is 26.3. The molecule has 0 saturated carbocycles. The molecule has 2 heterocycles. The second-order valence-electron chi connectivity index (χ2n) is 4.28. The van der Waals surface area contributed by atoms with Gasteiger partial charge in [0.15, 0.2) is 0 Å². The van der Waals surface area contributed by atoms with Crippen LogP contribution in [0.5, 0.6) is 0 Å². The van der Waals surface area contributed by atoms with E-state index in [0.29, 0.717) is 31.4 Å². The Hall–Kier alpha value is -1.74. The number of hydrogen-bond acceptors (Lipinski definition) is 7. The molecule has 1 aromatic rings.